The molecular weight excluding hydrogens is 612 g/mol. The Morgan fingerprint density at radius 2 is 1.69 bits per heavy atom. The number of ether oxygens (including phenoxy) is 2. The molecule has 2 amide bonds. The Morgan fingerprint density at radius 3 is 2.40 bits per heavy atom. The summed E-state index contributed by atoms with van der Waals surface area (Å²) in [5.74, 6) is -1.56. The van der Waals surface area contributed by atoms with Crippen LogP contribution in [0.25, 0.3) is 11.8 Å². The third-order valence-corrected chi connectivity index (χ3v) is 9.99. The molecule has 1 aliphatic heterocycles. The van der Waals surface area contributed by atoms with E-state index in [2.05, 4.69) is 12.2 Å². The third-order valence-electron chi connectivity index (χ3n) is 9.99. The van der Waals surface area contributed by atoms with Crippen molar-refractivity contribution in [2.24, 2.45) is 17.8 Å². The highest BCUT2D eigenvalue weighted by Gasteiger charge is 2.47. The van der Waals surface area contributed by atoms with E-state index < -0.39 is 17.8 Å². The molecule has 1 saturated heterocycles. The lowest BCUT2D eigenvalue weighted by atomic mass is 9.80. The summed E-state index contributed by atoms with van der Waals surface area (Å²) in [6.07, 6.45) is 11.6. The van der Waals surface area contributed by atoms with Gasteiger partial charge in [-0.1, -0.05) is 50.5 Å². The van der Waals surface area contributed by atoms with Gasteiger partial charge in [0, 0.05) is 30.0 Å². The lowest BCUT2D eigenvalue weighted by Crippen LogP contribution is -2.43. The molecule has 48 heavy (non-hydrogen) atoms. The molecule has 0 bridgehead atoms. The minimum absolute atomic E-state index is 0.0396. The van der Waals surface area contributed by atoms with Gasteiger partial charge < -0.3 is 19.7 Å². The first-order valence-corrected chi connectivity index (χ1v) is 17.0. The molecule has 2 fully saturated rings. The fourth-order valence-corrected chi connectivity index (χ4v) is 7.36. The fourth-order valence-electron chi connectivity index (χ4n) is 7.36. The lowest BCUT2D eigenvalue weighted by molar-refractivity contribution is -0.140. The first-order valence-electron chi connectivity index (χ1n) is 17.0. The number of carbonyl (C=O) groups is 4. The van der Waals surface area contributed by atoms with Crippen molar-refractivity contribution in [1.29, 1.82) is 0 Å². The molecule has 2 aliphatic carbocycles. The molecule has 2 unspecified atom stereocenters. The number of esters is 2. The van der Waals surface area contributed by atoms with Gasteiger partial charge in [-0.2, -0.15) is 0 Å². The second-order valence-electron chi connectivity index (χ2n) is 13.2. The van der Waals surface area contributed by atoms with E-state index in [4.69, 9.17) is 9.47 Å². The van der Waals surface area contributed by atoms with Crippen LogP contribution in [0, 0.1) is 17.8 Å². The van der Waals surface area contributed by atoms with E-state index >= 15 is 0 Å². The quantitative estimate of drug-likeness (QED) is 0.101. The summed E-state index contributed by atoms with van der Waals surface area (Å²) in [6, 6.07) is 14.1. The van der Waals surface area contributed by atoms with Gasteiger partial charge in [-0.05, 0) is 85.4 Å². The van der Waals surface area contributed by atoms with Crippen molar-refractivity contribution < 1.29 is 38.9 Å². The maximum absolute atomic E-state index is 12.6. The molecule has 0 radical (unpaired) electrons. The van der Waals surface area contributed by atoms with Crippen molar-refractivity contribution in [2.45, 2.75) is 77.0 Å². The molecule has 0 spiro atoms. The molecule has 10 heteroatoms. The van der Waals surface area contributed by atoms with Gasteiger partial charge in [-0.25, -0.2) is 4.79 Å². The molecule has 1 aromatic heterocycles. The smallest absolute Gasteiger partial charge is 0.330 e. The topological polar surface area (TPSA) is 144 Å². The average molecular weight is 655 g/mol. The summed E-state index contributed by atoms with van der Waals surface area (Å²) >= 11 is 0. The third kappa shape index (κ3) is 7.17. The first-order chi connectivity index (χ1) is 23.2. The highest BCUT2D eigenvalue weighted by Crippen LogP contribution is 2.51. The minimum Gasteiger partial charge on any atom is -0.494 e. The second kappa shape index (κ2) is 14.5. The highest BCUT2D eigenvalue weighted by atomic mass is 16.5. The van der Waals surface area contributed by atoms with Crippen LogP contribution in [0.5, 0.6) is 17.5 Å². The van der Waals surface area contributed by atoms with Crippen LogP contribution < -0.4 is 10.1 Å². The predicted molar refractivity (Wildman–Crippen MR) is 178 cm³/mol. The SMILES string of the molecule is CCCCC1CCC(C(=O)Oc2ccc(C=CC(=O)OCCc3ccc(-n4c(O)c5c(c4O)C4C(=O)NC(=O)CC4C5)cc3)cc2)CC1. The van der Waals surface area contributed by atoms with E-state index in [0.29, 0.717) is 35.4 Å². The molecule has 3 aromatic rings. The van der Waals surface area contributed by atoms with E-state index in [1.807, 2.05) is 12.1 Å². The van der Waals surface area contributed by atoms with E-state index in [1.165, 1.54) is 29.9 Å². The van der Waals surface area contributed by atoms with Crippen LogP contribution in [0.2, 0.25) is 0 Å². The highest BCUT2D eigenvalue weighted by molar-refractivity contribution is 6.02. The molecule has 2 heterocycles. The number of unbranched alkanes of at least 4 members (excludes halogenated alkanes) is 1. The van der Waals surface area contributed by atoms with Crippen molar-refractivity contribution >= 4 is 29.8 Å². The number of fused-ring (bicyclic) bond motifs is 3. The maximum atomic E-state index is 12.6. The van der Waals surface area contributed by atoms with Gasteiger partial charge in [-0.15, -0.1) is 0 Å². The first kappa shape index (κ1) is 33.1. The largest absolute Gasteiger partial charge is 0.494 e. The Kier molecular flexibility index (Phi) is 9.98. The number of amides is 2. The summed E-state index contributed by atoms with van der Waals surface area (Å²) in [5.41, 5.74) is 3.03. The van der Waals surface area contributed by atoms with Crippen LogP contribution in [0.4, 0.5) is 0 Å². The molecule has 2 aromatic carbocycles. The van der Waals surface area contributed by atoms with Gasteiger partial charge >= 0.3 is 11.9 Å². The van der Waals surface area contributed by atoms with Crippen LogP contribution in [-0.2, 0) is 36.8 Å². The summed E-state index contributed by atoms with van der Waals surface area (Å²) < 4.78 is 12.3. The molecule has 6 rings (SSSR count). The van der Waals surface area contributed by atoms with Gasteiger partial charge in [0.15, 0.2) is 0 Å². The number of hydrogen-bond donors (Lipinski definition) is 3. The van der Waals surface area contributed by atoms with Gasteiger partial charge in [0.1, 0.15) is 5.75 Å². The molecular formula is C38H42N2O8. The molecule has 2 atom stereocenters. The van der Waals surface area contributed by atoms with Crippen LogP contribution in [-0.4, -0.2) is 45.1 Å². The van der Waals surface area contributed by atoms with Crippen molar-refractivity contribution in [2.75, 3.05) is 6.61 Å². The predicted octanol–water partition coefficient (Wildman–Crippen LogP) is 5.89. The summed E-state index contributed by atoms with van der Waals surface area (Å²) in [7, 11) is 0. The van der Waals surface area contributed by atoms with Crippen LogP contribution in [0.3, 0.4) is 0 Å². The van der Waals surface area contributed by atoms with Crippen LogP contribution in [0.1, 0.15) is 86.5 Å². The van der Waals surface area contributed by atoms with E-state index in [9.17, 15) is 29.4 Å². The molecule has 252 valence electrons. The van der Waals surface area contributed by atoms with E-state index in [-0.39, 0.29) is 48.5 Å². The van der Waals surface area contributed by atoms with Crippen LogP contribution in [0.15, 0.2) is 54.6 Å². The van der Waals surface area contributed by atoms with E-state index in [0.717, 1.165) is 42.7 Å². The number of carbonyl (C=O) groups excluding carboxylic acids is 4. The Morgan fingerprint density at radius 1 is 0.958 bits per heavy atom. The minimum atomic E-state index is -0.675. The molecule has 3 aliphatic rings. The number of aromatic hydroxyl groups is 2. The number of rotatable bonds is 11. The summed E-state index contributed by atoms with van der Waals surface area (Å²) in [6.45, 7) is 2.37. The number of piperidine rings is 1. The van der Waals surface area contributed by atoms with Crippen molar-refractivity contribution in [3.8, 4) is 23.2 Å². The lowest BCUT2D eigenvalue weighted by Gasteiger charge is -2.27. The number of nitrogens with zero attached hydrogens (tertiary/aromatic N) is 1. The standard InChI is InChI=1S/C38H42N2O8/c1-2-3-4-23-5-12-26(13-6-23)38(46)48-29-16-9-24(10-17-29)11-18-32(42)47-20-19-25-7-14-28(15-8-25)40-36(44)30-21-27-22-31(41)39-35(43)33(27)34(30)37(40)45/h7-11,14-18,23,26-27,33,44-45H,2-6,12-13,19-22H2,1H3,(H,39,41,43). The Balaban J connectivity index is 0.955. The average Bonchev–Trinajstić information content (AvgIpc) is 3.58. The summed E-state index contributed by atoms with van der Waals surface area (Å²) in [5, 5.41) is 24.2. The fraction of sp³-hybridized carbons (Fsp3) is 0.421. The second-order valence-corrected chi connectivity index (χ2v) is 13.2. The molecule has 1 saturated carbocycles. The Hall–Kier alpha value is -4.86. The normalized spacial score (nSPS) is 21.9. The maximum Gasteiger partial charge on any atom is 0.330 e. The Labute approximate surface area is 279 Å². The summed E-state index contributed by atoms with van der Waals surface area (Å²) in [4.78, 5) is 49.2. The van der Waals surface area contributed by atoms with Crippen molar-refractivity contribution in [3.63, 3.8) is 0 Å². The number of nitrogens with one attached hydrogen (secondary N) is 1. The van der Waals surface area contributed by atoms with Crippen molar-refractivity contribution in [1.82, 2.24) is 9.88 Å². The van der Waals surface area contributed by atoms with Gasteiger partial charge in [0.2, 0.25) is 23.6 Å². The molecule has 10 nitrogen and oxygen atoms in total. The van der Waals surface area contributed by atoms with Gasteiger partial charge in [0.05, 0.1) is 24.1 Å². The number of aromatic nitrogens is 1. The zero-order chi connectivity index (χ0) is 33.8. The number of imide groups is 1. The van der Waals surface area contributed by atoms with Crippen molar-refractivity contribution in [3.05, 3.63) is 76.9 Å². The Bertz CT molecular complexity index is 1700. The van der Waals surface area contributed by atoms with Gasteiger partial charge in [0.25, 0.3) is 0 Å². The van der Waals surface area contributed by atoms with Gasteiger partial charge in [-0.3, -0.25) is 24.3 Å². The zero-order valence-electron chi connectivity index (χ0n) is 27.2. The van der Waals surface area contributed by atoms with E-state index in [1.54, 1.807) is 42.5 Å². The number of benzene rings is 2. The monoisotopic (exact) mass is 654 g/mol. The number of hydrogen-bond acceptors (Lipinski definition) is 8. The molecule has 3 N–H and O–H groups in total. The van der Waals surface area contributed by atoms with Crippen LogP contribution >= 0.6 is 0 Å². The zero-order valence-corrected chi connectivity index (χ0v) is 27.2.